The van der Waals surface area contributed by atoms with Crippen molar-refractivity contribution >= 4 is 18.0 Å². The van der Waals surface area contributed by atoms with E-state index in [0.717, 1.165) is 17.0 Å². The Hall–Kier alpha value is -3.40. The van der Waals surface area contributed by atoms with Gasteiger partial charge in [-0.2, -0.15) is 15.4 Å². The number of hydrazone groups is 1. The topological polar surface area (TPSA) is 92.0 Å². The van der Waals surface area contributed by atoms with Gasteiger partial charge in [0.25, 0.3) is 11.8 Å². The van der Waals surface area contributed by atoms with Crippen molar-refractivity contribution in [2.24, 2.45) is 28.8 Å². The Morgan fingerprint density at radius 3 is 2.55 bits per heavy atom. The summed E-state index contributed by atoms with van der Waals surface area (Å²) in [6, 6.07) is 5.45. The largest absolute Gasteiger partial charge is 0.493 e. The fraction of sp³-hybridized carbons (Fsp3) is 0.364. The fourth-order valence-corrected chi connectivity index (χ4v) is 4.61. The summed E-state index contributed by atoms with van der Waals surface area (Å²) in [6.45, 7) is 3.64. The lowest BCUT2D eigenvalue weighted by Crippen LogP contribution is -2.28. The third-order valence-corrected chi connectivity index (χ3v) is 5.79. The molecule has 3 aliphatic rings. The summed E-state index contributed by atoms with van der Waals surface area (Å²) in [7, 11) is 1.50. The van der Waals surface area contributed by atoms with Crippen LogP contribution >= 0.6 is 0 Å². The SMILES string of the molecule is C=CCc1cc(C=NN2C(=O)C3C4C=CC(C4)C3C2=O)cc(OC)c1OCC#N. The molecule has 4 rings (SSSR count). The van der Waals surface area contributed by atoms with Gasteiger partial charge in [0, 0.05) is 5.56 Å². The van der Waals surface area contributed by atoms with Crippen molar-refractivity contribution < 1.29 is 19.1 Å². The van der Waals surface area contributed by atoms with Gasteiger partial charge >= 0.3 is 0 Å². The van der Waals surface area contributed by atoms with Gasteiger partial charge in [0.1, 0.15) is 6.07 Å². The Labute approximate surface area is 168 Å². The number of nitrogens with zero attached hydrogens (tertiary/aromatic N) is 3. The number of ether oxygens (including phenoxy) is 2. The molecule has 4 unspecified atom stereocenters. The lowest BCUT2D eigenvalue weighted by atomic mass is 9.85. The molecule has 29 heavy (non-hydrogen) atoms. The molecule has 0 spiro atoms. The van der Waals surface area contributed by atoms with Crippen molar-refractivity contribution in [1.29, 1.82) is 5.26 Å². The van der Waals surface area contributed by atoms with Gasteiger partial charge < -0.3 is 9.47 Å². The van der Waals surface area contributed by atoms with E-state index in [1.165, 1.54) is 13.3 Å². The Kier molecular flexibility index (Phi) is 4.93. The summed E-state index contributed by atoms with van der Waals surface area (Å²) in [5, 5.41) is 14.0. The second-order valence-electron chi connectivity index (χ2n) is 7.38. The van der Waals surface area contributed by atoms with Crippen LogP contribution in [0.15, 0.2) is 42.0 Å². The second kappa shape index (κ2) is 7.55. The van der Waals surface area contributed by atoms with Gasteiger partial charge in [0.05, 0.1) is 25.2 Å². The highest BCUT2D eigenvalue weighted by Crippen LogP contribution is 2.52. The number of hydrogen-bond acceptors (Lipinski definition) is 6. The van der Waals surface area contributed by atoms with E-state index in [9.17, 15) is 9.59 Å². The highest BCUT2D eigenvalue weighted by Gasteiger charge is 2.59. The van der Waals surface area contributed by atoms with Gasteiger partial charge in [0.2, 0.25) is 0 Å². The molecule has 4 atom stereocenters. The maximum atomic E-state index is 12.7. The van der Waals surface area contributed by atoms with E-state index in [1.54, 1.807) is 12.1 Å². The van der Waals surface area contributed by atoms with Gasteiger partial charge in [-0.25, -0.2) is 0 Å². The van der Waals surface area contributed by atoms with Gasteiger partial charge in [-0.3, -0.25) is 9.59 Å². The van der Waals surface area contributed by atoms with E-state index in [1.807, 2.05) is 12.1 Å². The number of rotatable bonds is 7. The summed E-state index contributed by atoms with van der Waals surface area (Å²) in [6.07, 6.45) is 8.69. The molecule has 148 valence electrons. The molecule has 2 bridgehead atoms. The Balaban J connectivity index is 1.61. The molecule has 1 aromatic carbocycles. The van der Waals surface area contributed by atoms with E-state index in [2.05, 4.69) is 23.8 Å². The molecular formula is C22H21N3O4. The van der Waals surface area contributed by atoms with Crippen LogP contribution in [-0.2, 0) is 16.0 Å². The van der Waals surface area contributed by atoms with Crippen LogP contribution < -0.4 is 9.47 Å². The van der Waals surface area contributed by atoms with Crippen molar-refractivity contribution in [3.05, 3.63) is 48.1 Å². The monoisotopic (exact) mass is 391 g/mol. The smallest absolute Gasteiger partial charge is 0.254 e. The molecule has 0 aromatic heterocycles. The predicted octanol–water partition coefficient (Wildman–Crippen LogP) is 2.47. The van der Waals surface area contributed by atoms with E-state index in [-0.39, 0.29) is 42.1 Å². The summed E-state index contributed by atoms with van der Waals surface area (Å²) < 4.78 is 10.9. The number of imide groups is 1. The van der Waals surface area contributed by atoms with Crippen molar-refractivity contribution in [2.45, 2.75) is 12.8 Å². The summed E-state index contributed by atoms with van der Waals surface area (Å²) in [5.74, 6) is 0.219. The first kappa shape index (κ1) is 18.9. The number of hydrogen-bond donors (Lipinski definition) is 0. The molecule has 1 saturated carbocycles. The Morgan fingerprint density at radius 2 is 1.97 bits per heavy atom. The standard InChI is InChI=1S/C22H21N3O4/c1-3-4-16-9-13(10-17(28-2)20(16)29-8-7-23)12-24-25-21(26)18-14-5-6-15(11-14)19(18)22(25)27/h3,5-6,9-10,12,14-15,18-19H,1,4,8,11H2,2H3. The zero-order valence-electron chi connectivity index (χ0n) is 16.1. The first-order valence-electron chi connectivity index (χ1n) is 9.50. The molecule has 0 N–H and O–H groups in total. The van der Waals surface area contributed by atoms with Crippen LogP contribution in [0, 0.1) is 35.0 Å². The minimum atomic E-state index is -0.276. The minimum Gasteiger partial charge on any atom is -0.493 e. The molecule has 1 heterocycles. The number of carbonyl (C=O) groups is 2. The number of amides is 2. The fourth-order valence-electron chi connectivity index (χ4n) is 4.61. The number of methoxy groups -OCH3 is 1. The van der Waals surface area contributed by atoms with Gasteiger partial charge in [-0.05, 0) is 42.4 Å². The van der Waals surface area contributed by atoms with Gasteiger partial charge in [0.15, 0.2) is 18.1 Å². The molecule has 1 aromatic rings. The quantitative estimate of drug-likeness (QED) is 0.404. The minimum absolute atomic E-state index is 0.107. The van der Waals surface area contributed by atoms with Gasteiger partial charge in [-0.15, -0.1) is 6.58 Å². The van der Waals surface area contributed by atoms with Crippen molar-refractivity contribution in [3.8, 4) is 17.6 Å². The second-order valence-corrected chi connectivity index (χ2v) is 7.38. The average Bonchev–Trinajstić information content (AvgIpc) is 3.40. The number of carbonyl (C=O) groups excluding carboxylic acids is 2. The normalized spacial score (nSPS) is 26.8. The molecule has 1 aliphatic heterocycles. The number of benzene rings is 1. The molecule has 7 heteroatoms. The van der Waals surface area contributed by atoms with Crippen LogP contribution in [0.5, 0.6) is 11.5 Å². The summed E-state index contributed by atoms with van der Waals surface area (Å²) >= 11 is 0. The van der Waals surface area contributed by atoms with E-state index in [0.29, 0.717) is 23.5 Å². The maximum Gasteiger partial charge on any atom is 0.254 e. The third kappa shape index (κ3) is 3.11. The Bertz CT molecular complexity index is 945. The molecule has 2 amide bonds. The van der Waals surface area contributed by atoms with E-state index >= 15 is 0 Å². The summed E-state index contributed by atoms with van der Waals surface area (Å²) in [5.41, 5.74) is 1.43. The molecule has 2 aliphatic carbocycles. The van der Waals surface area contributed by atoms with Crippen LogP contribution in [0.25, 0.3) is 0 Å². The molecule has 7 nitrogen and oxygen atoms in total. The molecule has 0 radical (unpaired) electrons. The Morgan fingerprint density at radius 1 is 1.28 bits per heavy atom. The number of allylic oxidation sites excluding steroid dienone is 3. The first-order chi connectivity index (χ1) is 14.1. The lowest BCUT2D eigenvalue weighted by molar-refractivity contribution is -0.140. The van der Waals surface area contributed by atoms with E-state index < -0.39 is 0 Å². The first-order valence-corrected chi connectivity index (χ1v) is 9.50. The number of nitriles is 1. The van der Waals surface area contributed by atoms with Crippen molar-refractivity contribution in [3.63, 3.8) is 0 Å². The highest BCUT2D eigenvalue weighted by molar-refractivity contribution is 6.06. The van der Waals surface area contributed by atoms with Crippen molar-refractivity contribution in [2.75, 3.05) is 13.7 Å². The zero-order valence-corrected chi connectivity index (χ0v) is 16.1. The molecule has 1 saturated heterocycles. The van der Waals surface area contributed by atoms with E-state index in [4.69, 9.17) is 14.7 Å². The number of fused-ring (bicyclic) bond motifs is 5. The maximum absolute atomic E-state index is 12.7. The van der Waals surface area contributed by atoms with Crippen LogP contribution in [0.1, 0.15) is 17.5 Å². The third-order valence-electron chi connectivity index (χ3n) is 5.79. The van der Waals surface area contributed by atoms with Crippen molar-refractivity contribution in [1.82, 2.24) is 5.01 Å². The highest BCUT2D eigenvalue weighted by atomic mass is 16.5. The van der Waals surface area contributed by atoms with Crippen LogP contribution in [0.4, 0.5) is 0 Å². The van der Waals surface area contributed by atoms with Gasteiger partial charge in [-0.1, -0.05) is 18.2 Å². The average molecular weight is 391 g/mol. The van der Waals surface area contributed by atoms with Crippen LogP contribution in [0.2, 0.25) is 0 Å². The van der Waals surface area contributed by atoms with Crippen LogP contribution in [0.3, 0.4) is 0 Å². The van der Waals surface area contributed by atoms with Crippen LogP contribution in [-0.4, -0.2) is 36.8 Å². The summed E-state index contributed by atoms with van der Waals surface area (Å²) in [4.78, 5) is 25.5. The zero-order chi connectivity index (χ0) is 20.5. The molecular weight excluding hydrogens is 370 g/mol. The predicted molar refractivity (Wildman–Crippen MR) is 105 cm³/mol. The lowest BCUT2D eigenvalue weighted by Gasteiger charge is -2.14. The molecule has 2 fully saturated rings.